The lowest BCUT2D eigenvalue weighted by molar-refractivity contribution is -0.147. The highest BCUT2D eigenvalue weighted by Gasteiger charge is 2.23. The molecule has 3 rings (SSSR count). The van der Waals surface area contributed by atoms with Crippen molar-refractivity contribution in [3.63, 3.8) is 0 Å². The predicted octanol–water partition coefficient (Wildman–Crippen LogP) is 4.52. The number of thiophene rings is 1. The number of ether oxygens (including phenoxy) is 1. The third kappa shape index (κ3) is 4.86. The van der Waals surface area contributed by atoms with Crippen LogP contribution in [0.3, 0.4) is 0 Å². The van der Waals surface area contributed by atoms with E-state index in [0.29, 0.717) is 17.0 Å². The summed E-state index contributed by atoms with van der Waals surface area (Å²) < 4.78 is 7.22. The Morgan fingerprint density at radius 2 is 1.97 bits per heavy atom. The minimum absolute atomic E-state index is 0.399. The molecule has 2 heterocycles. The summed E-state index contributed by atoms with van der Waals surface area (Å²) >= 11 is 1.45. The second kappa shape index (κ2) is 9.09. The van der Waals surface area contributed by atoms with Gasteiger partial charge in [-0.2, -0.15) is 5.10 Å². The fourth-order valence-corrected chi connectivity index (χ4v) is 3.78. The molecule has 1 N–H and O–H groups in total. The topological polar surface area (TPSA) is 73.2 Å². The molecular formula is C23H25N3O3S. The van der Waals surface area contributed by atoms with Gasteiger partial charge in [-0.25, -0.2) is 4.79 Å². The van der Waals surface area contributed by atoms with Crippen LogP contribution in [0.4, 0.5) is 5.69 Å². The van der Waals surface area contributed by atoms with Crippen molar-refractivity contribution in [1.82, 2.24) is 9.78 Å². The lowest BCUT2D eigenvalue weighted by Gasteiger charge is -2.15. The SMILES string of the molecule is Cc1cccc(/C=C(/C(=O)O[C@@H](C)C(=O)Nc2c(C)nn(C)c2C)c2cccs2)c1. The van der Waals surface area contributed by atoms with E-state index in [9.17, 15) is 9.59 Å². The van der Waals surface area contributed by atoms with Crippen molar-refractivity contribution in [2.45, 2.75) is 33.8 Å². The molecule has 0 radical (unpaired) electrons. The van der Waals surface area contributed by atoms with Crippen LogP contribution in [0.15, 0.2) is 41.8 Å². The highest BCUT2D eigenvalue weighted by molar-refractivity contribution is 7.11. The van der Waals surface area contributed by atoms with Gasteiger partial charge in [-0.3, -0.25) is 9.48 Å². The zero-order chi connectivity index (χ0) is 21.8. The van der Waals surface area contributed by atoms with E-state index in [0.717, 1.165) is 21.7 Å². The number of anilines is 1. The van der Waals surface area contributed by atoms with Crippen LogP contribution in [-0.4, -0.2) is 27.8 Å². The number of benzene rings is 1. The van der Waals surface area contributed by atoms with Gasteiger partial charge in [-0.15, -0.1) is 11.3 Å². The zero-order valence-electron chi connectivity index (χ0n) is 17.7. The van der Waals surface area contributed by atoms with E-state index < -0.39 is 18.0 Å². The molecule has 0 unspecified atom stereocenters. The molecule has 0 fully saturated rings. The maximum Gasteiger partial charge on any atom is 0.340 e. The molecule has 30 heavy (non-hydrogen) atoms. The quantitative estimate of drug-likeness (QED) is 0.467. The number of carbonyl (C=O) groups is 2. The van der Waals surface area contributed by atoms with E-state index in [-0.39, 0.29) is 0 Å². The lowest BCUT2D eigenvalue weighted by atomic mass is 10.1. The Morgan fingerprint density at radius 1 is 1.20 bits per heavy atom. The van der Waals surface area contributed by atoms with Crippen LogP contribution in [0.25, 0.3) is 11.6 Å². The summed E-state index contributed by atoms with van der Waals surface area (Å²) in [5.41, 5.74) is 4.59. The molecule has 0 saturated carbocycles. The molecule has 1 aromatic carbocycles. The predicted molar refractivity (Wildman–Crippen MR) is 120 cm³/mol. The molecule has 1 atom stereocenters. The monoisotopic (exact) mass is 423 g/mol. The van der Waals surface area contributed by atoms with E-state index in [1.54, 1.807) is 17.7 Å². The molecule has 0 spiro atoms. The molecular weight excluding hydrogens is 398 g/mol. The molecule has 0 aliphatic heterocycles. The zero-order valence-corrected chi connectivity index (χ0v) is 18.5. The van der Waals surface area contributed by atoms with Crippen LogP contribution in [-0.2, 0) is 21.4 Å². The summed E-state index contributed by atoms with van der Waals surface area (Å²) in [6.07, 6.45) is 0.832. The maximum absolute atomic E-state index is 13.0. The van der Waals surface area contributed by atoms with E-state index in [1.807, 2.05) is 69.6 Å². The summed E-state index contributed by atoms with van der Waals surface area (Å²) in [4.78, 5) is 26.4. The Hall–Kier alpha value is -3.19. The van der Waals surface area contributed by atoms with Crippen LogP contribution in [0.5, 0.6) is 0 Å². The molecule has 0 aliphatic carbocycles. The smallest absolute Gasteiger partial charge is 0.340 e. The first kappa shape index (κ1) is 21.5. The molecule has 156 valence electrons. The van der Waals surface area contributed by atoms with Crippen LogP contribution < -0.4 is 5.32 Å². The van der Waals surface area contributed by atoms with Crippen molar-refractivity contribution < 1.29 is 14.3 Å². The number of aromatic nitrogens is 2. The molecule has 6 nitrogen and oxygen atoms in total. The number of nitrogens with one attached hydrogen (secondary N) is 1. The first-order valence-electron chi connectivity index (χ1n) is 9.60. The summed E-state index contributed by atoms with van der Waals surface area (Å²) in [5, 5.41) is 9.00. The number of rotatable bonds is 6. The van der Waals surface area contributed by atoms with Crippen molar-refractivity contribution in [2.75, 3.05) is 5.32 Å². The highest BCUT2D eigenvalue weighted by atomic mass is 32.1. The van der Waals surface area contributed by atoms with Crippen LogP contribution in [0.1, 0.15) is 34.3 Å². The summed E-state index contributed by atoms with van der Waals surface area (Å²) in [6, 6.07) is 11.6. The van der Waals surface area contributed by atoms with Gasteiger partial charge in [0.2, 0.25) is 0 Å². The average molecular weight is 424 g/mol. The molecule has 3 aromatic rings. The maximum atomic E-state index is 13.0. The summed E-state index contributed by atoms with van der Waals surface area (Å²) in [6.45, 7) is 7.24. The van der Waals surface area contributed by atoms with Crippen molar-refractivity contribution in [3.8, 4) is 0 Å². The Balaban J connectivity index is 1.79. The highest BCUT2D eigenvalue weighted by Crippen LogP contribution is 2.25. The van der Waals surface area contributed by atoms with Crippen molar-refractivity contribution in [1.29, 1.82) is 0 Å². The molecule has 0 aliphatic rings. The largest absolute Gasteiger partial charge is 0.449 e. The van der Waals surface area contributed by atoms with Crippen LogP contribution >= 0.6 is 11.3 Å². The number of esters is 1. The summed E-state index contributed by atoms with van der Waals surface area (Å²) in [5.74, 6) is -0.940. The normalized spacial score (nSPS) is 12.5. The van der Waals surface area contributed by atoms with Crippen LogP contribution in [0.2, 0.25) is 0 Å². The third-order valence-electron chi connectivity index (χ3n) is 4.77. The van der Waals surface area contributed by atoms with Crippen molar-refractivity contribution in [2.24, 2.45) is 7.05 Å². The van der Waals surface area contributed by atoms with Crippen molar-refractivity contribution >= 4 is 40.5 Å². The standard InChI is InChI=1S/C23H25N3O3S/c1-14-8-6-9-18(12-14)13-19(20-10-7-11-30-20)23(28)29-17(4)22(27)24-21-15(2)25-26(5)16(21)3/h6-13,17H,1-5H3,(H,24,27)/b19-13+/t17-/m0/s1. The first-order valence-corrected chi connectivity index (χ1v) is 10.5. The second-order valence-electron chi connectivity index (χ2n) is 7.16. The number of amides is 1. The van der Waals surface area contributed by atoms with Gasteiger partial charge in [0, 0.05) is 11.9 Å². The Morgan fingerprint density at radius 3 is 2.57 bits per heavy atom. The lowest BCUT2D eigenvalue weighted by Crippen LogP contribution is -2.30. The van der Waals surface area contributed by atoms with E-state index in [4.69, 9.17) is 4.74 Å². The minimum Gasteiger partial charge on any atom is -0.449 e. The molecule has 1 amide bonds. The van der Waals surface area contributed by atoms with Gasteiger partial charge < -0.3 is 10.1 Å². The van der Waals surface area contributed by atoms with Gasteiger partial charge in [0.25, 0.3) is 5.91 Å². The third-order valence-corrected chi connectivity index (χ3v) is 5.67. The molecule has 0 bridgehead atoms. The molecule has 2 aromatic heterocycles. The van der Waals surface area contributed by atoms with E-state index in [2.05, 4.69) is 10.4 Å². The van der Waals surface area contributed by atoms with Crippen molar-refractivity contribution in [3.05, 3.63) is 69.2 Å². The van der Waals surface area contributed by atoms with Gasteiger partial charge in [-0.05, 0) is 50.8 Å². The van der Waals surface area contributed by atoms with Gasteiger partial charge >= 0.3 is 5.97 Å². The van der Waals surface area contributed by atoms with Gasteiger partial charge in [-0.1, -0.05) is 35.9 Å². The van der Waals surface area contributed by atoms with Gasteiger partial charge in [0.05, 0.1) is 22.6 Å². The number of aryl methyl sites for hydroxylation is 3. The van der Waals surface area contributed by atoms with E-state index >= 15 is 0 Å². The van der Waals surface area contributed by atoms with Gasteiger partial charge in [0.1, 0.15) is 0 Å². The van der Waals surface area contributed by atoms with E-state index in [1.165, 1.54) is 11.3 Å². The van der Waals surface area contributed by atoms with Crippen LogP contribution in [0, 0.1) is 20.8 Å². The molecule has 0 saturated heterocycles. The molecule has 7 heteroatoms. The minimum atomic E-state index is -0.961. The first-order chi connectivity index (χ1) is 14.3. The summed E-state index contributed by atoms with van der Waals surface area (Å²) in [7, 11) is 1.81. The number of hydrogen-bond donors (Lipinski definition) is 1. The number of nitrogens with zero attached hydrogens (tertiary/aromatic N) is 2. The average Bonchev–Trinajstić information content (AvgIpc) is 3.30. The Labute approximate surface area is 180 Å². The van der Waals surface area contributed by atoms with Gasteiger partial charge in [0.15, 0.2) is 6.10 Å². The fourth-order valence-electron chi connectivity index (χ4n) is 3.05. The number of carbonyl (C=O) groups excluding carboxylic acids is 2. The fraction of sp³-hybridized carbons (Fsp3) is 0.261. The second-order valence-corrected chi connectivity index (χ2v) is 8.10. The Bertz CT molecular complexity index is 1100. The Kier molecular flexibility index (Phi) is 6.52. The number of hydrogen-bond acceptors (Lipinski definition) is 5.